The van der Waals surface area contributed by atoms with E-state index >= 15 is 0 Å². The number of likely N-dealkylation sites (tertiary alicyclic amines) is 1. The number of hydrogen-bond donors (Lipinski definition) is 0. The Morgan fingerprint density at radius 1 is 1.32 bits per heavy atom. The molecule has 1 fully saturated rings. The molecule has 3 heterocycles. The maximum atomic E-state index is 12.2. The summed E-state index contributed by atoms with van der Waals surface area (Å²) in [4.78, 5) is 23.3. The number of carbonyl (C=O) groups excluding carboxylic acids is 1. The van der Waals surface area contributed by atoms with E-state index in [1.165, 1.54) is 0 Å². The molecule has 7 nitrogen and oxygen atoms in total. The second-order valence-corrected chi connectivity index (χ2v) is 7.57. The van der Waals surface area contributed by atoms with Gasteiger partial charge in [0.05, 0.1) is 11.9 Å². The number of aromatic nitrogens is 4. The first-order valence-corrected chi connectivity index (χ1v) is 8.54. The monoisotopic (exact) mass is 343 g/mol. The molecular weight excluding hydrogens is 318 g/mol. The van der Waals surface area contributed by atoms with Crippen LogP contribution in [0.15, 0.2) is 18.5 Å². The van der Waals surface area contributed by atoms with Crippen molar-refractivity contribution in [2.45, 2.75) is 45.6 Å². The Kier molecular flexibility index (Phi) is 4.49. The van der Waals surface area contributed by atoms with Gasteiger partial charge in [0, 0.05) is 43.5 Å². The van der Waals surface area contributed by atoms with E-state index in [-0.39, 0.29) is 12.0 Å². The highest BCUT2D eigenvalue weighted by Crippen LogP contribution is 2.28. The Labute approximate surface area is 148 Å². The van der Waals surface area contributed by atoms with E-state index in [4.69, 9.17) is 9.72 Å². The van der Waals surface area contributed by atoms with Crippen molar-refractivity contribution in [3.05, 3.63) is 30.0 Å². The van der Waals surface area contributed by atoms with Gasteiger partial charge < -0.3 is 9.64 Å². The van der Waals surface area contributed by atoms with E-state index in [0.29, 0.717) is 13.1 Å². The van der Waals surface area contributed by atoms with Crippen LogP contribution in [0.3, 0.4) is 0 Å². The largest absolute Gasteiger partial charge is 0.444 e. The first-order valence-electron chi connectivity index (χ1n) is 8.54. The van der Waals surface area contributed by atoms with Gasteiger partial charge in [0.15, 0.2) is 0 Å². The SMILES string of the molecule is Cc1cc(-c2cnn(C)c2)nc(C2CCN(C(=O)OC(C)(C)C)C2)n1. The Morgan fingerprint density at radius 2 is 2.08 bits per heavy atom. The van der Waals surface area contributed by atoms with Gasteiger partial charge >= 0.3 is 6.09 Å². The van der Waals surface area contributed by atoms with Crippen LogP contribution in [0, 0.1) is 6.92 Å². The van der Waals surface area contributed by atoms with Gasteiger partial charge in [0.1, 0.15) is 11.4 Å². The number of ether oxygens (including phenoxy) is 1. The maximum absolute atomic E-state index is 12.2. The Bertz CT molecular complexity index is 778. The smallest absolute Gasteiger partial charge is 0.410 e. The maximum Gasteiger partial charge on any atom is 0.410 e. The zero-order chi connectivity index (χ0) is 18.2. The molecule has 2 aromatic heterocycles. The van der Waals surface area contributed by atoms with Crippen LogP contribution >= 0.6 is 0 Å². The van der Waals surface area contributed by atoms with Crippen LogP contribution in [-0.4, -0.2) is 49.4 Å². The van der Waals surface area contributed by atoms with Crippen LogP contribution in [0.2, 0.25) is 0 Å². The van der Waals surface area contributed by atoms with Crippen molar-refractivity contribution in [2.24, 2.45) is 7.05 Å². The van der Waals surface area contributed by atoms with Crippen molar-refractivity contribution < 1.29 is 9.53 Å². The molecule has 7 heteroatoms. The molecule has 0 spiro atoms. The average Bonchev–Trinajstić information content (AvgIpc) is 3.13. The fourth-order valence-electron chi connectivity index (χ4n) is 2.94. The lowest BCUT2D eigenvalue weighted by molar-refractivity contribution is 0.0292. The fourth-order valence-corrected chi connectivity index (χ4v) is 2.94. The van der Waals surface area contributed by atoms with E-state index in [0.717, 1.165) is 29.2 Å². The molecule has 0 saturated carbocycles. The molecule has 0 N–H and O–H groups in total. The molecule has 1 saturated heterocycles. The molecule has 134 valence electrons. The van der Waals surface area contributed by atoms with E-state index in [1.807, 2.05) is 47.0 Å². The van der Waals surface area contributed by atoms with Crippen molar-refractivity contribution in [3.8, 4) is 11.3 Å². The van der Waals surface area contributed by atoms with Crippen molar-refractivity contribution in [1.82, 2.24) is 24.6 Å². The van der Waals surface area contributed by atoms with Crippen molar-refractivity contribution in [2.75, 3.05) is 13.1 Å². The Balaban J connectivity index is 1.77. The molecule has 25 heavy (non-hydrogen) atoms. The first-order chi connectivity index (χ1) is 11.7. The molecule has 1 atom stereocenters. The van der Waals surface area contributed by atoms with Gasteiger partial charge in [-0.3, -0.25) is 4.68 Å². The first kappa shape index (κ1) is 17.4. The minimum absolute atomic E-state index is 0.128. The Morgan fingerprint density at radius 3 is 2.72 bits per heavy atom. The minimum atomic E-state index is -0.484. The minimum Gasteiger partial charge on any atom is -0.444 e. The summed E-state index contributed by atoms with van der Waals surface area (Å²) < 4.78 is 7.22. The summed E-state index contributed by atoms with van der Waals surface area (Å²) in [6, 6.07) is 1.96. The number of aryl methyl sites for hydroxylation is 2. The van der Waals surface area contributed by atoms with E-state index < -0.39 is 5.60 Å². The topological polar surface area (TPSA) is 73.1 Å². The van der Waals surface area contributed by atoms with Crippen LogP contribution in [0.5, 0.6) is 0 Å². The number of amides is 1. The lowest BCUT2D eigenvalue weighted by atomic mass is 10.1. The predicted octanol–water partition coefficient (Wildman–Crippen LogP) is 2.91. The van der Waals surface area contributed by atoms with Gasteiger partial charge in [-0.25, -0.2) is 14.8 Å². The molecular formula is C18H25N5O2. The summed E-state index contributed by atoms with van der Waals surface area (Å²) in [6.07, 6.45) is 4.31. The van der Waals surface area contributed by atoms with Crippen LogP contribution in [0.25, 0.3) is 11.3 Å². The van der Waals surface area contributed by atoms with Gasteiger partial charge in [-0.05, 0) is 40.2 Å². The van der Waals surface area contributed by atoms with Crippen LogP contribution in [0.4, 0.5) is 4.79 Å². The van der Waals surface area contributed by atoms with Crippen molar-refractivity contribution in [3.63, 3.8) is 0 Å². The highest BCUT2D eigenvalue weighted by atomic mass is 16.6. The summed E-state index contributed by atoms with van der Waals surface area (Å²) >= 11 is 0. The molecule has 0 bridgehead atoms. The third kappa shape index (κ3) is 4.15. The lowest BCUT2D eigenvalue weighted by Gasteiger charge is -2.24. The van der Waals surface area contributed by atoms with Crippen molar-refractivity contribution >= 4 is 6.09 Å². The molecule has 0 aromatic carbocycles. The van der Waals surface area contributed by atoms with Crippen LogP contribution in [-0.2, 0) is 11.8 Å². The summed E-state index contributed by atoms with van der Waals surface area (Å²) in [5.74, 6) is 0.910. The summed E-state index contributed by atoms with van der Waals surface area (Å²) in [6.45, 7) is 8.85. The second kappa shape index (κ2) is 6.46. The number of carbonyl (C=O) groups is 1. The number of rotatable bonds is 2. The van der Waals surface area contributed by atoms with Gasteiger partial charge in [0.2, 0.25) is 0 Å². The molecule has 1 aliphatic heterocycles. The molecule has 0 aliphatic carbocycles. The standard InChI is InChI=1S/C18H25N5O2/c1-12-8-15(14-9-19-22(5)10-14)21-16(20-12)13-6-7-23(11-13)17(24)25-18(2,3)4/h8-10,13H,6-7,11H2,1-5H3. The van der Waals surface area contributed by atoms with E-state index in [9.17, 15) is 4.79 Å². The quantitative estimate of drug-likeness (QED) is 0.838. The normalized spacial score (nSPS) is 17.8. The van der Waals surface area contributed by atoms with E-state index in [2.05, 4.69) is 10.1 Å². The summed E-state index contributed by atoms with van der Waals surface area (Å²) in [7, 11) is 1.88. The van der Waals surface area contributed by atoms with Crippen LogP contribution < -0.4 is 0 Å². The highest BCUT2D eigenvalue weighted by molar-refractivity contribution is 5.68. The predicted molar refractivity (Wildman–Crippen MR) is 94.1 cm³/mol. The van der Waals surface area contributed by atoms with Gasteiger partial charge in [-0.2, -0.15) is 5.10 Å². The average molecular weight is 343 g/mol. The van der Waals surface area contributed by atoms with E-state index in [1.54, 1.807) is 15.8 Å². The molecule has 1 unspecified atom stereocenters. The van der Waals surface area contributed by atoms with Crippen molar-refractivity contribution in [1.29, 1.82) is 0 Å². The Hall–Kier alpha value is -2.44. The molecule has 1 amide bonds. The molecule has 3 rings (SSSR count). The number of nitrogens with zero attached hydrogens (tertiary/aromatic N) is 5. The van der Waals surface area contributed by atoms with Gasteiger partial charge in [0.25, 0.3) is 0 Å². The zero-order valence-electron chi connectivity index (χ0n) is 15.5. The van der Waals surface area contributed by atoms with Crippen LogP contribution in [0.1, 0.15) is 44.6 Å². The second-order valence-electron chi connectivity index (χ2n) is 7.57. The highest BCUT2D eigenvalue weighted by Gasteiger charge is 2.32. The third-order valence-electron chi connectivity index (χ3n) is 4.08. The summed E-state index contributed by atoms with van der Waals surface area (Å²) in [5.41, 5.74) is 2.27. The zero-order valence-corrected chi connectivity index (χ0v) is 15.5. The summed E-state index contributed by atoms with van der Waals surface area (Å²) in [5, 5.41) is 4.21. The van der Waals surface area contributed by atoms with Gasteiger partial charge in [-0.15, -0.1) is 0 Å². The third-order valence-corrected chi connectivity index (χ3v) is 4.08. The molecule has 1 aliphatic rings. The van der Waals surface area contributed by atoms with Gasteiger partial charge in [-0.1, -0.05) is 0 Å². The number of hydrogen-bond acceptors (Lipinski definition) is 5. The fraction of sp³-hybridized carbons (Fsp3) is 0.556. The lowest BCUT2D eigenvalue weighted by Crippen LogP contribution is -2.35. The molecule has 2 aromatic rings. The molecule has 0 radical (unpaired) electrons.